The number of fused-ring (bicyclic) bond motifs is 1. The Morgan fingerprint density at radius 2 is 2.06 bits per heavy atom. The average Bonchev–Trinajstić information content (AvgIpc) is 2.68. The summed E-state index contributed by atoms with van der Waals surface area (Å²) in [7, 11) is 2.03. The zero-order valence-corrected chi connectivity index (χ0v) is 11.8. The fourth-order valence-electron chi connectivity index (χ4n) is 2.17. The molecule has 0 amide bonds. The predicted molar refractivity (Wildman–Crippen MR) is 76.7 cm³/mol. The summed E-state index contributed by atoms with van der Waals surface area (Å²) in [6.07, 6.45) is 2.92. The first-order valence-electron chi connectivity index (χ1n) is 6.69. The first-order chi connectivity index (χ1) is 8.56. The Kier molecular flexibility index (Phi) is 4.02. The van der Waals surface area contributed by atoms with Gasteiger partial charge in [0, 0.05) is 13.1 Å². The molecule has 1 aromatic carbocycles. The molecule has 3 nitrogen and oxygen atoms in total. The predicted octanol–water partition coefficient (Wildman–Crippen LogP) is 2.75. The van der Waals surface area contributed by atoms with E-state index < -0.39 is 0 Å². The van der Waals surface area contributed by atoms with E-state index in [2.05, 4.69) is 53.8 Å². The van der Waals surface area contributed by atoms with Crippen LogP contribution >= 0.6 is 0 Å². The van der Waals surface area contributed by atoms with Gasteiger partial charge >= 0.3 is 0 Å². The van der Waals surface area contributed by atoms with Crippen LogP contribution in [0.25, 0.3) is 11.0 Å². The number of nitrogens with zero attached hydrogens (tertiary/aromatic N) is 2. The smallest absolute Gasteiger partial charge is 0.0955 e. The van der Waals surface area contributed by atoms with Crippen LogP contribution in [0.15, 0.2) is 24.5 Å². The Labute approximate surface area is 109 Å². The van der Waals surface area contributed by atoms with Gasteiger partial charge in [-0.05, 0) is 43.5 Å². The third-order valence-corrected chi connectivity index (χ3v) is 3.21. The monoisotopic (exact) mass is 245 g/mol. The Morgan fingerprint density at radius 1 is 1.28 bits per heavy atom. The van der Waals surface area contributed by atoms with E-state index >= 15 is 0 Å². The van der Waals surface area contributed by atoms with Crippen LogP contribution in [0.4, 0.5) is 0 Å². The molecule has 3 heteroatoms. The van der Waals surface area contributed by atoms with Crippen LogP contribution in [0.3, 0.4) is 0 Å². The molecule has 0 radical (unpaired) electrons. The van der Waals surface area contributed by atoms with Crippen molar-refractivity contribution in [3.63, 3.8) is 0 Å². The largest absolute Gasteiger partial charge is 0.334 e. The van der Waals surface area contributed by atoms with Gasteiger partial charge in [0.05, 0.1) is 17.4 Å². The highest BCUT2D eigenvalue weighted by atomic mass is 15.0. The van der Waals surface area contributed by atoms with Gasteiger partial charge in [-0.3, -0.25) is 0 Å². The molecular weight excluding hydrogens is 222 g/mol. The van der Waals surface area contributed by atoms with Crippen LogP contribution in [0.2, 0.25) is 0 Å². The Morgan fingerprint density at radius 3 is 2.78 bits per heavy atom. The van der Waals surface area contributed by atoms with Crippen LogP contribution in [0.1, 0.15) is 26.3 Å². The lowest BCUT2D eigenvalue weighted by atomic mass is 10.1. The van der Waals surface area contributed by atoms with Crippen LogP contribution in [-0.2, 0) is 13.5 Å². The second-order valence-corrected chi connectivity index (χ2v) is 5.59. The van der Waals surface area contributed by atoms with Gasteiger partial charge < -0.3 is 9.88 Å². The fourth-order valence-corrected chi connectivity index (χ4v) is 2.17. The topological polar surface area (TPSA) is 29.9 Å². The standard InChI is InChI=1S/C15H23N3/c1-11(2)9-16-12(3)7-13-5-6-15-14(8-13)17-10-18(15)4/h5-6,8,10-12,16H,7,9H2,1-4H3. The Bertz CT molecular complexity index is 513. The van der Waals surface area contributed by atoms with Gasteiger partial charge in [0.15, 0.2) is 0 Å². The fraction of sp³-hybridized carbons (Fsp3) is 0.533. The van der Waals surface area contributed by atoms with Gasteiger partial charge in [0.2, 0.25) is 0 Å². The molecule has 0 fully saturated rings. The van der Waals surface area contributed by atoms with Gasteiger partial charge in [0.25, 0.3) is 0 Å². The lowest BCUT2D eigenvalue weighted by Gasteiger charge is -2.15. The van der Waals surface area contributed by atoms with Crippen LogP contribution < -0.4 is 5.32 Å². The number of hydrogen-bond acceptors (Lipinski definition) is 2. The SMILES string of the molecule is CC(C)CNC(C)Cc1ccc2c(c1)ncn2C. The minimum atomic E-state index is 0.508. The molecule has 0 aliphatic carbocycles. The Hall–Kier alpha value is -1.35. The summed E-state index contributed by atoms with van der Waals surface area (Å²) in [5.74, 6) is 0.700. The van der Waals surface area contributed by atoms with Crippen molar-refractivity contribution in [3.8, 4) is 0 Å². The summed E-state index contributed by atoms with van der Waals surface area (Å²) >= 11 is 0. The summed E-state index contributed by atoms with van der Waals surface area (Å²) in [5.41, 5.74) is 3.64. The third kappa shape index (κ3) is 3.10. The maximum atomic E-state index is 4.40. The molecule has 1 atom stereocenters. The molecule has 0 saturated heterocycles. The van der Waals surface area contributed by atoms with Crippen molar-refractivity contribution < 1.29 is 0 Å². The zero-order chi connectivity index (χ0) is 13.1. The molecule has 2 aromatic rings. The maximum absolute atomic E-state index is 4.40. The van der Waals surface area contributed by atoms with Crippen LogP contribution in [0, 0.1) is 5.92 Å². The zero-order valence-electron chi connectivity index (χ0n) is 11.8. The van der Waals surface area contributed by atoms with Crippen molar-refractivity contribution in [3.05, 3.63) is 30.1 Å². The number of rotatable bonds is 5. The van der Waals surface area contributed by atoms with E-state index in [4.69, 9.17) is 0 Å². The molecule has 18 heavy (non-hydrogen) atoms. The minimum Gasteiger partial charge on any atom is -0.334 e. The molecule has 0 bridgehead atoms. The molecule has 2 rings (SSSR count). The van der Waals surface area contributed by atoms with E-state index in [0.29, 0.717) is 12.0 Å². The highest BCUT2D eigenvalue weighted by Gasteiger charge is 2.06. The average molecular weight is 245 g/mol. The van der Waals surface area contributed by atoms with Crippen LogP contribution in [-0.4, -0.2) is 22.1 Å². The van der Waals surface area contributed by atoms with Crippen molar-refractivity contribution in [2.45, 2.75) is 33.2 Å². The molecule has 0 aliphatic rings. The molecule has 0 aliphatic heterocycles. The van der Waals surface area contributed by atoms with E-state index in [1.165, 1.54) is 11.1 Å². The van der Waals surface area contributed by atoms with Crippen molar-refractivity contribution in [2.75, 3.05) is 6.54 Å². The van der Waals surface area contributed by atoms with Crippen molar-refractivity contribution in [2.24, 2.45) is 13.0 Å². The molecule has 1 aromatic heterocycles. The maximum Gasteiger partial charge on any atom is 0.0955 e. The minimum absolute atomic E-state index is 0.508. The lowest BCUT2D eigenvalue weighted by molar-refractivity contribution is 0.482. The van der Waals surface area contributed by atoms with Gasteiger partial charge in [-0.1, -0.05) is 19.9 Å². The van der Waals surface area contributed by atoms with E-state index in [0.717, 1.165) is 18.5 Å². The van der Waals surface area contributed by atoms with Gasteiger partial charge in [-0.2, -0.15) is 0 Å². The van der Waals surface area contributed by atoms with E-state index in [1.807, 2.05) is 13.4 Å². The summed E-state index contributed by atoms with van der Waals surface area (Å²) < 4.78 is 2.06. The number of nitrogens with one attached hydrogen (secondary N) is 1. The molecule has 1 unspecified atom stereocenters. The van der Waals surface area contributed by atoms with Gasteiger partial charge in [0.1, 0.15) is 0 Å². The van der Waals surface area contributed by atoms with Crippen LogP contribution in [0.5, 0.6) is 0 Å². The third-order valence-electron chi connectivity index (χ3n) is 3.21. The number of hydrogen-bond donors (Lipinski definition) is 1. The van der Waals surface area contributed by atoms with E-state index in [9.17, 15) is 0 Å². The molecule has 1 N–H and O–H groups in total. The number of aryl methyl sites for hydroxylation is 1. The molecule has 0 spiro atoms. The quantitative estimate of drug-likeness (QED) is 0.878. The number of aromatic nitrogens is 2. The van der Waals surface area contributed by atoms with Crippen molar-refractivity contribution in [1.29, 1.82) is 0 Å². The first kappa shape index (κ1) is 13.1. The summed E-state index contributed by atoms with van der Waals surface area (Å²) in [5, 5.41) is 3.56. The number of benzene rings is 1. The summed E-state index contributed by atoms with van der Waals surface area (Å²) in [6.45, 7) is 7.79. The van der Waals surface area contributed by atoms with Crippen molar-refractivity contribution in [1.82, 2.24) is 14.9 Å². The van der Waals surface area contributed by atoms with E-state index in [1.54, 1.807) is 0 Å². The van der Waals surface area contributed by atoms with E-state index in [-0.39, 0.29) is 0 Å². The number of imidazole rings is 1. The summed E-state index contributed by atoms with van der Waals surface area (Å²) in [6, 6.07) is 7.07. The molecule has 98 valence electrons. The van der Waals surface area contributed by atoms with Gasteiger partial charge in [-0.25, -0.2) is 4.98 Å². The Balaban J connectivity index is 2.03. The van der Waals surface area contributed by atoms with Gasteiger partial charge in [-0.15, -0.1) is 0 Å². The first-order valence-corrected chi connectivity index (χ1v) is 6.69. The van der Waals surface area contributed by atoms with Crippen molar-refractivity contribution >= 4 is 11.0 Å². The lowest BCUT2D eigenvalue weighted by Crippen LogP contribution is -2.31. The second kappa shape index (κ2) is 5.53. The highest BCUT2D eigenvalue weighted by Crippen LogP contribution is 2.15. The molecular formula is C15H23N3. The molecule has 0 saturated carbocycles. The highest BCUT2D eigenvalue weighted by molar-refractivity contribution is 5.75. The normalized spacial score (nSPS) is 13.4. The second-order valence-electron chi connectivity index (χ2n) is 5.59. The summed E-state index contributed by atoms with van der Waals surface area (Å²) in [4.78, 5) is 4.40. The molecule has 1 heterocycles.